The van der Waals surface area contributed by atoms with Crippen LogP contribution in [0.5, 0.6) is 0 Å². The summed E-state index contributed by atoms with van der Waals surface area (Å²) in [5.74, 6) is 0. The van der Waals surface area contributed by atoms with Crippen LogP contribution in [0.2, 0.25) is 0 Å². The lowest BCUT2D eigenvalue weighted by molar-refractivity contribution is -0.136. The van der Waals surface area contributed by atoms with E-state index in [2.05, 4.69) is 11.2 Å². The van der Waals surface area contributed by atoms with Gasteiger partial charge in [0.15, 0.2) is 5.65 Å². The van der Waals surface area contributed by atoms with Crippen molar-refractivity contribution < 1.29 is 21.6 Å². The second-order valence-corrected chi connectivity index (χ2v) is 12.1. The van der Waals surface area contributed by atoms with Crippen LogP contribution in [-0.2, 0) is 16.2 Å². The fourth-order valence-electron chi connectivity index (χ4n) is 5.44. The first-order valence-electron chi connectivity index (χ1n) is 13.9. The zero-order valence-corrected chi connectivity index (χ0v) is 24.2. The van der Waals surface area contributed by atoms with Gasteiger partial charge < -0.3 is 0 Å². The van der Waals surface area contributed by atoms with Crippen LogP contribution in [0.4, 0.5) is 13.2 Å². The summed E-state index contributed by atoms with van der Waals surface area (Å²) in [5, 5.41) is 11.9. The molecule has 222 valence electrons. The number of nitrogens with zero attached hydrogens (tertiary/aromatic N) is 3. The van der Waals surface area contributed by atoms with E-state index in [1.54, 1.807) is 42.5 Å². The summed E-state index contributed by atoms with van der Waals surface area (Å²) >= 11 is 0. The lowest BCUT2D eigenvalue weighted by atomic mass is 9.98. The predicted molar refractivity (Wildman–Crippen MR) is 169 cm³/mol. The highest BCUT2D eigenvalue weighted by atomic mass is 32.2. The Bertz CT molecular complexity index is 2320. The molecule has 0 atom stereocenters. The molecule has 2 aromatic heterocycles. The van der Waals surface area contributed by atoms with E-state index < -0.39 is 21.8 Å². The van der Waals surface area contributed by atoms with Crippen LogP contribution in [0.3, 0.4) is 0 Å². The molecule has 0 aliphatic rings. The molecule has 6 nitrogen and oxygen atoms in total. The lowest BCUT2D eigenvalue weighted by Gasteiger charge is -2.13. The fraction of sp³-hybridized carbons (Fsp3) is 0.0286. The van der Waals surface area contributed by atoms with Gasteiger partial charge in [-0.3, -0.25) is 0 Å². The van der Waals surface area contributed by atoms with E-state index in [0.717, 1.165) is 28.0 Å². The number of aromatic nitrogens is 3. The summed E-state index contributed by atoms with van der Waals surface area (Å²) in [7, 11) is -3.98. The average molecular weight is 621 g/mol. The summed E-state index contributed by atoms with van der Waals surface area (Å²) in [6.45, 7) is 0. The summed E-state index contributed by atoms with van der Waals surface area (Å²) in [5.41, 5.74) is 2.47. The van der Waals surface area contributed by atoms with Gasteiger partial charge >= 0.3 is 6.18 Å². The third-order valence-corrected chi connectivity index (χ3v) is 8.59. The Morgan fingerprint density at radius 1 is 0.644 bits per heavy atom. The largest absolute Gasteiger partial charge is 0.417 e. The predicted octanol–water partition coefficient (Wildman–Crippen LogP) is 8.24. The van der Waals surface area contributed by atoms with Crippen molar-refractivity contribution in [1.29, 1.82) is 0 Å². The average Bonchev–Trinajstić information content (AvgIpc) is 3.43. The highest BCUT2D eigenvalue weighted by Gasteiger charge is 2.36. The molecule has 0 bridgehead atoms. The number of nitrogens with two attached hydrogens (primary N) is 1. The molecule has 7 aromatic rings. The number of pyridine rings is 1. The van der Waals surface area contributed by atoms with Crippen molar-refractivity contribution in [3.8, 4) is 39.3 Å². The SMILES string of the molecule is NS(=O)(=O)c1ccc(-n2nc(-c3ccccc3)c3c(C(F)(F)F)cc(-c4ccc(-c5ccc6ccccc6c5)cc4)nc32)cc1. The molecule has 0 saturated heterocycles. The second kappa shape index (κ2) is 10.7. The first kappa shape index (κ1) is 28.5. The minimum atomic E-state index is -4.73. The molecular weight excluding hydrogens is 597 g/mol. The standard InChI is InChI=1S/C35H23F3N4O2S/c36-35(37,38)30-21-31(24-13-10-23(11-14-24)27-15-12-22-6-4-5-9-26(22)20-27)40-34-32(30)33(25-7-2-1-3-8-25)41-42(34)28-16-18-29(19-17-28)45(39,43)44/h1-21H,(H2,39,43,44). The van der Waals surface area contributed by atoms with Crippen molar-refractivity contribution in [2.75, 3.05) is 0 Å². The zero-order chi connectivity index (χ0) is 31.3. The van der Waals surface area contributed by atoms with Gasteiger partial charge in [0.25, 0.3) is 0 Å². The molecule has 0 radical (unpaired) electrons. The molecule has 0 unspecified atom stereocenters. The van der Waals surface area contributed by atoms with E-state index in [9.17, 15) is 21.6 Å². The lowest BCUT2D eigenvalue weighted by Crippen LogP contribution is -2.12. The third kappa shape index (κ3) is 5.34. The summed E-state index contributed by atoms with van der Waals surface area (Å²) in [6, 6.07) is 36.3. The van der Waals surface area contributed by atoms with E-state index in [4.69, 9.17) is 10.1 Å². The van der Waals surface area contributed by atoms with E-state index in [1.165, 1.54) is 28.9 Å². The Morgan fingerprint density at radius 3 is 1.93 bits per heavy atom. The van der Waals surface area contributed by atoms with Crippen LogP contribution >= 0.6 is 0 Å². The second-order valence-electron chi connectivity index (χ2n) is 10.6. The molecule has 2 heterocycles. The Balaban J connectivity index is 1.41. The first-order chi connectivity index (χ1) is 21.6. The summed E-state index contributed by atoms with van der Waals surface area (Å²) in [6.07, 6.45) is -4.73. The maximum Gasteiger partial charge on any atom is 0.417 e. The summed E-state index contributed by atoms with van der Waals surface area (Å²) < 4.78 is 69.3. The Hall–Kier alpha value is -5.32. The molecule has 0 aliphatic carbocycles. The van der Waals surface area contributed by atoms with E-state index >= 15 is 0 Å². The van der Waals surface area contributed by atoms with Gasteiger partial charge in [-0.25, -0.2) is 23.2 Å². The van der Waals surface area contributed by atoms with Crippen molar-refractivity contribution in [2.24, 2.45) is 5.14 Å². The van der Waals surface area contributed by atoms with Gasteiger partial charge in [0, 0.05) is 11.1 Å². The molecule has 0 fully saturated rings. The van der Waals surface area contributed by atoms with E-state index in [-0.39, 0.29) is 27.3 Å². The van der Waals surface area contributed by atoms with Crippen LogP contribution in [-0.4, -0.2) is 23.2 Å². The minimum absolute atomic E-state index is 0.0272. The van der Waals surface area contributed by atoms with Gasteiger partial charge in [0.2, 0.25) is 10.0 Å². The molecular formula is C35H23F3N4O2S. The minimum Gasteiger partial charge on any atom is -0.228 e. The van der Waals surface area contributed by atoms with Gasteiger partial charge in [-0.2, -0.15) is 18.3 Å². The number of primary sulfonamides is 1. The number of hydrogen-bond donors (Lipinski definition) is 1. The highest BCUT2D eigenvalue weighted by molar-refractivity contribution is 7.89. The van der Waals surface area contributed by atoms with Gasteiger partial charge in [0.05, 0.1) is 27.2 Å². The fourth-order valence-corrected chi connectivity index (χ4v) is 5.96. The zero-order valence-electron chi connectivity index (χ0n) is 23.4. The van der Waals surface area contributed by atoms with Crippen molar-refractivity contribution in [3.63, 3.8) is 0 Å². The van der Waals surface area contributed by atoms with Gasteiger partial charge in [-0.05, 0) is 58.3 Å². The van der Waals surface area contributed by atoms with Crippen LogP contribution < -0.4 is 5.14 Å². The maximum absolute atomic E-state index is 14.8. The number of rotatable bonds is 5. The number of hydrogen-bond acceptors (Lipinski definition) is 4. The van der Waals surface area contributed by atoms with Crippen LogP contribution in [0.1, 0.15) is 5.56 Å². The smallest absolute Gasteiger partial charge is 0.228 e. The number of halogens is 3. The molecule has 10 heteroatoms. The van der Waals surface area contributed by atoms with Crippen molar-refractivity contribution >= 4 is 31.8 Å². The van der Waals surface area contributed by atoms with Crippen molar-refractivity contribution in [2.45, 2.75) is 11.1 Å². The van der Waals surface area contributed by atoms with Crippen LogP contribution in [0.25, 0.3) is 61.1 Å². The normalized spacial score (nSPS) is 12.2. The number of benzene rings is 5. The maximum atomic E-state index is 14.8. The van der Waals surface area contributed by atoms with E-state index in [1.807, 2.05) is 48.5 Å². The Morgan fingerprint density at radius 2 is 1.27 bits per heavy atom. The number of alkyl halides is 3. The molecule has 0 amide bonds. The van der Waals surface area contributed by atoms with Gasteiger partial charge in [0.1, 0.15) is 5.69 Å². The topological polar surface area (TPSA) is 90.9 Å². The number of sulfonamides is 1. The van der Waals surface area contributed by atoms with E-state index in [0.29, 0.717) is 16.8 Å². The summed E-state index contributed by atoms with van der Waals surface area (Å²) in [4.78, 5) is 4.58. The number of fused-ring (bicyclic) bond motifs is 2. The molecule has 0 saturated carbocycles. The highest BCUT2D eigenvalue weighted by Crippen LogP contribution is 2.42. The molecule has 45 heavy (non-hydrogen) atoms. The molecule has 5 aromatic carbocycles. The van der Waals surface area contributed by atoms with Crippen LogP contribution in [0.15, 0.2) is 132 Å². The molecule has 0 spiro atoms. The first-order valence-corrected chi connectivity index (χ1v) is 15.4. The van der Waals surface area contributed by atoms with Gasteiger partial charge in [-0.15, -0.1) is 0 Å². The Labute approximate surface area is 256 Å². The van der Waals surface area contributed by atoms with Crippen LogP contribution in [0, 0.1) is 0 Å². The van der Waals surface area contributed by atoms with Gasteiger partial charge in [-0.1, -0.05) is 91.0 Å². The molecule has 7 rings (SSSR count). The molecule has 2 N–H and O–H groups in total. The molecule has 0 aliphatic heterocycles. The van der Waals surface area contributed by atoms with Crippen molar-refractivity contribution in [1.82, 2.24) is 14.8 Å². The third-order valence-electron chi connectivity index (χ3n) is 7.66. The monoisotopic (exact) mass is 620 g/mol. The van der Waals surface area contributed by atoms with Crippen molar-refractivity contribution in [3.05, 3.63) is 133 Å². The Kier molecular flexibility index (Phi) is 6.76. The quantitative estimate of drug-likeness (QED) is 0.210.